The fraction of sp³-hybridized carbons (Fsp3) is 0.125. The van der Waals surface area contributed by atoms with E-state index in [4.69, 9.17) is 15.6 Å². The Hall–Kier alpha value is -5.35. The van der Waals surface area contributed by atoms with Crippen LogP contribution in [0.3, 0.4) is 0 Å². The molecule has 1 unspecified atom stereocenters. The maximum atomic E-state index is 14.0. The number of carboxylic acids is 1. The van der Waals surface area contributed by atoms with E-state index in [-0.39, 0.29) is 24.2 Å². The van der Waals surface area contributed by atoms with Crippen molar-refractivity contribution in [1.82, 2.24) is 19.4 Å². The van der Waals surface area contributed by atoms with E-state index in [2.05, 4.69) is 21.0 Å². The average molecular weight is 566 g/mol. The number of carboxylic acid groups (broad SMARTS) is 2. The molecule has 0 saturated carbocycles. The zero-order valence-corrected chi connectivity index (χ0v) is 22.7. The van der Waals surface area contributed by atoms with Gasteiger partial charge in [-0.2, -0.15) is 0 Å². The summed E-state index contributed by atoms with van der Waals surface area (Å²) in [5, 5.41) is 17.8. The summed E-state index contributed by atoms with van der Waals surface area (Å²) in [6.07, 6.45) is 6.27. The lowest BCUT2D eigenvalue weighted by molar-refractivity contribution is -0.122. The summed E-state index contributed by atoms with van der Waals surface area (Å²) in [5.41, 5.74) is 13.9. The summed E-state index contributed by atoms with van der Waals surface area (Å²) in [7, 11) is 0. The molecular formula is C32H28FN5O4. The Morgan fingerprint density at radius 1 is 1.07 bits per heavy atom. The van der Waals surface area contributed by atoms with E-state index in [1.54, 1.807) is 35.9 Å². The van der Waals surface area contributed by atoms with Crippen LogP contribution in [0.2, 0.25) is 0 Å². The Kier molecular flexibility index (Phi) is 8.07. The van der Waals surface area contributed by atoms with Crippen LogP contribution in [0.25, 0.3) is 38.8 Å². The molecule has 0 radical (unpaired) electrons. The first-order chi connectivity index (χ1) is 20.3. The Bertz CT molecular complexity index is 1910. The second kappa shape index (κ2) is 12.0. The third-order valence-electron chi connectivity index (χ3n) is 7.07. The summed E-state index contributed by atoms with van der Waals surface area (Å²) in [4.78, 5) is 32.4. The molecule has 0 amide bonds. The molecule has 1 atom stereocenters. The number of nitrogens with two attached hydrogens (primary N) is 1. The SMILES string of the molecule is Cc1cc(-c2ncccc2-c2cc(CC(N)Cc3c[nH]c4ccccc34)n3c(C(=O)O)ncc3c2)ccc1F.O=CO. The highest BCUT2D eigenvalue weighted by molar-refractivity contribution is 5.87. The minimum absolute atomic E-state index is 0.0635. The fourth-order valence-electron chi connectivity index (χ4n) is 5.25. The third-order valence-corrected chi connectivity index (χ3v) is 7.07. The Balaban J connectivity index is 0.00000113. The number of benzene rings is 2. The summed E-state index contributed by atoms with van der Waals surface area (Å²) >= 11 is 0. The summed E-state index contributed by atoms with van der Waals surface area (Å²) in [6, 6.07) is 20.4. The number of aryl methyl sites for hydroxylation is 1. The fourth-order valence-corrected chi connectivity index (χ4v) is 5.25. The molecule has 0 saturated heterocycles. The van der Waals surface area contributed by atoms with Gasteiger partial charge in [0.25, 0.3) is 6.47 Å². The highest BCUT2D eigenvalue weighted by Gasteiger charge is 2.20. The highest BCUT2D eigenvalue weighted by Crippen LogP contribution is 2.33. The van der Waals surface area contributed by atoms with Crippen LogP contribution in [0.4, 0.5) is 4.39 Å². The van der Waals surface area contributed by atoms with Crippen molar-refractivity contribution in [2.45, 2.75) is 25.8 Å². The van der Waals surface area contributed by atoms with Gasteiger partial charge in [-0.05, 0) is 72.5 Å². The molecular weight excluding hydrogens is 537 g/mol. The average Bonchev–Trinajstić information content (AvgIpc) is 3.60. The van der Waals surface area contributed by atoms with Crippen LogP contribution < -0.4 is 5.73 Å². The van der Waals surface area contributed by atoms with Crippen LogP contribution in [-0.2, 0) is 17.6 Å². The van der Waals surface area contributed by atoms with E-state index in [0.29, 0.717) is 29.6 Å². The van der Waals surface area contributed by atoms with Crippen LogP contribution in [0, 0.1) is 12.7 Å². The van der Waals surface area contributed by atoms with Crippen molar-refractivity contribution < 1.29 is 24.2 Å². The van der Waals surface area contributed by atoms with E-state index >= 15 is 0 Å². The number of nitrogens with zero attached hydrogens (tertiary/aromatic N) is 3. The smallest absolute Gasteiger partial charge is 0.372 e. The largest absolute Gasteiger partial charge is 0.483 e. The predicted molar refractivity (Wildman–Crippen MR) is 158 cm³/mol. The number of imidazole rings is 1. The molecule has 0 aliphatic rings. The van der Waals surface area contributed by atoms with Gasteiger partial charge in [-0.3, -0.25) is 14.2 Å². The minimum Gasteiger partial charge on any atom is -0.483 e. The first-order valence-corrected chi connectivity index (χ1v) is 13.1. The predicted octanol–water partition coefficient (Wildman–Crippen LogP) is 5.50. The molecule has 4 heterocycles. The highest BCUT2D eigenvalue weighted by atomic mass is 19.1. The van der Waals surface area contributed by atoms with Crippen molar-refractivity contribution in [1.29, 1.82) is 0 Å². The molecule has 0 fully saturated rings. The maximum absolute atomic E-state index is 14.0. The molecule has 0 spiro atoms. The van der Waals surface area contributed by atoms with Gasteiger partial charge < -0.3 is 20.9 Å². The molecule has 212 valence electrons. The molecule has 5 N–H and O–H groups in total. The lowest BCUT2D eigenvalue weighted by Crippen LogP contribution is -2.27. The molecule has 2 aromatic carbocycles. The van der Waals surface area contributed by atoms with Gasteiger partial charge in [-0.1, -0.05) is 24.3 Å². The van der Waals surface area contributed by atoms with Crippen LogP contribution in [0.15, 0.2) is 85.3 Å². The molecule has 0 bridgehead atoms. The van der Waals surface area contributed by atoms with Gasteiger partial charge in [-0.15, -0.1) is 0 Å². The number of halogens is 1. The number of para-hydroxylation sites is 1. The third kappa shape index (κ3) is 5.61. The lowest BCUT2D eigenvalue weighted by Gasteiger charge is -2.17. The Morgan fingerprint density at radius 2 is 1.86 bits per heavy atom. The van der Waals surface area contributed by atoms with Crippen LogP contribution in [0.1, 0.15) is 27.4 Å². The van der Waals surface area contributed by atoms with Gasteiger partial charge in [0.1, 0.15) is 5.82 Å². The number of rotatable bonds is 7. The van der Waals surface area contributed by atoms with Gasteiger partial charge in [0.15, 0.2) is 0 Å². The number of carbonyl (C=O) groups is 2. The van der Waals surface area contributed by atoms with Crippen molar-refractivity contribution >= 4 is 28.9 Å². The molecule has 42 heavy (non-hydrogen) atoms. The van der Waals surface area contributed by atoms with Gasteiger partial charge in [0, 0.05) is 52.6 Å². The number of nitrogens with one attached hydrogen (secondary N) is 1. The van der Waals surface area contributed by atoms with E-state index < -0.39 is 5.97 Å². The van der Waals surface area contributed by atoms with Crippen LogP contribution in [0.5, 0.6) is 0 Å². The molecule has 10 heteroatoms. The van der Waals surface area contributed by atoms with E-state index in [0.717, 1.165) is 38.9 Å². The lowest BCUT2D eigenvalue weighted by atomic mass is 9.96. The Labute approximate surface area is 240 Å². The van der Waals surface area contributed by atoms with Crippen LogP contribution >= 0.6 is 0 Å². The molecule has 6 aromatic rings. The standard InChI is InChI=1S/C31H26FN5O2.CH2O2/c1-18-11-19(8-9-27(18)32)29-26(6-4-10-34-29)20-13-23(37-24(14-20)17-36-30(37)31(38)39)15-22(33)12-21-16-35-28-7-3-2-5-25(21)28;2-1-3/h2-11,13-14,16-17,22,35H,12,15,33H2,1H3,(H,38,39);1H,(H,2,3). The normalized spacial score (nSPS) is 11.7. The first kappa shape index (κ1) is 28.2. The topological polar surface area (TPSA) is 147 Å². The second-order valence-corrected chi connectivity index (χ2v) is 9.88. The number of aromatic carboxylic acids is 1. The zero-order chi connectivity index (χ0) is 29.8. The number of aromatic amines is 1. The van der Waals surface area contributed by atoms with Crippen LogP contribution in [-0.4, -0.2) is 48.0 Å². The Morgan fingerprint density at radius 3 is 2.62 bits per heavy atom. The number of hydrogen-bond acceptors (Lipinski definition) is 5. The molecule has 6 rings (SSSR count). The number of aromatic nitrogens is 4. The summed E-state index contributed by atoms with van der Waals surface area (Å²) < 4.78 is 15.6. The van der Waals surface area contributed by atoms with Gasteiger partial charge in [0.2, 0.25) is 5.82 Å². The zero-order valence-electron chi connectivity index (χ0n) is 22.7. The van der Waals surface area contributed by atoms with Gasteiger partial charge in [0.05, 0.1) is 17.4 Å². The molecule has 4 aromatic heterocycles. The monoisotopic (exact) mass is 565 g/mol. The second-order valence-electron chi connectivity index (χ2n) is 9.88. The minimum atomic E-state index is -1.11. The quantitative estimate of drug-likeness (QED) is 0.187. The number of pyridine rings is 2. The summed E-state index contributed by atoms with van der Waals surface area (Å²) in [6.45, 7) is 1.47. The summed E-state index contributed by atoms with van der Waals surface area (Å²) in [5.74, 6) is -1.45. The number of hydrogen-bond donors (Lipinski definition) is 4. The molecule has 0 aliphatic carbocycles. The molecule has 9 nitrogen and oxygen atoms in total. The van der Waals surface area contributed by atoms with E-state index in [1.165, 1.54) is 6.07 Å². The van der Waals surface area contributed by atoms with Crippen molar-refractivity contribution in [3.05, 3.63) is 114 Å². The van der Waals surface area contributed by atoms with E-state index in [1.807, 2.05) is 48.7 Å². The van der Waals surface area contributed by atoms with Crippen molar-refractivity contribution in [2.75, 3.05) is 0 Å². The maximum Gasteiger partial charge on any atom is 0.372 e. The molecule has 0 aliphatic heterocycles. The van der Waals surface area contributed by atoms with Crippen molar-refractivity contribution in [3.63, 3.8) is 0 Å². The van der Waals surface area contributed by atoms with Gasteiger partial charge in [-0.25, -0.2) is 14.2 Å². The number of H-pyrrole nitrogens is 1. The van der Waals surface area contributed by atoms with Gasteiger partial charge >= 0.3 is 5.97 Å². The van der Waals surface area contributed by atoms with Crippen molar-refractivity contribution in [2.24, 2.45) is 5.73 Å². The number of fused-ring (bicyclic) bond motifs is 2. The van der Waals surface area contributed by atoms with E-state index in [9.17, 15) is 14.3 Å². The first-order valence-electron chi connectivity index (χ1n) is 13.1. The van der Waals surface area contributed by atoms with Crippen molar-refractivity contribution in [3.8, 4) is 22.4 Å².